The summed E-state index contributed by atoms with van der Waals surface area (Å²) in [6, 6.07) is 9.77. The van der Waals surface area contributed by atoms with Gasteiger partial charge in [-0.25, -0.2) is 0 Å². The van der Waals surface area contributed by atoms with E-state index in [1.54, 1.807) is 11.2 Å². The Morgan fingerprint density at radius 1 is 1.28 bits per heavy atom. The molecule has 8 nitrogen and oxygen atoms in total. The van der Waals surface area contributed by atoms with E-state index in [0.717, 1.165) is 36.4 Å². The molecule has 0 saturated carbocycles. The Bertz CT molecular complexity index is 1020. The van der Waals surface area contributed by atoms with Crippen molar-refractivity contribution < 1.29 is 13.7 Å². The molecule has 1 unspecified atom stereocenters. The van der Waals surface area contributed by atoms with Crippen molar-refractivity contribution in [3.05, 3.63) is 53.5 Å². The summed E-state index contributed by atoms with van der Waals surface area (Å²) in [6.07, 6.45) is 2.02. The molecular weight excluding hydrogens is 394 g/mol. The smallest absolute Gasteiger partial charge is 0.294 e. The molecule has 1 fully saturated rings. The Labute approximate surface area is 174 Å². The number of aromatic nitrogens is 2. The van der Waals surface area contributed by atoms with Crippen LogP contribution in [0.1, 0.15) is 23.0 Å². The van der Waals surface area contributed by atoms with Gasteiger partial charge in [0.1, 0.15) is 0 Å². The first-order valence-corrected chi connectivity index (χ1v) is 9.40. The summed E-state index contributed by atoms with van der Waals surface area (Å²) in [7, 11) is 2.05. The summed E-state index contributed by atoms with van der Waals surface area (Å²) in [5.41, 5.74) is 2.83. The number of hydrogen-bond acceptors (Lipinski definition) is 7. The van der Waals surface area contributed by atoms with Gasteiger partial charge in [-0.3, -0.25) is 9.69 Å². The molecule has 1 amide bonds. The van der Waals surface area contributed by atoms with E-state index in [-0.39, 0.29) is 24.4 Å². The highest BCUT2D eigenvalue weighted by Gasteiger charge is 2.30. The monoisotopic (exact) mass is 415 g/mol. The number of carbonyl (C=O) groups is 1. The topological polar surface area (TPSA) is 87.6 Å². The first-order chi connectivity index (χ1) is 13.7. The first-order valence-electron chi connectivity index (χ1n) is 9.40. The predicted molar refractivity (Wildman–Crippen MR) is 109 cm³/mol. The number of piperazine rings is 1. The van der Waals surface area contributed by atoms with E-state index in [9.17, 15) is 4.79 Å². The van der Waals surface area contributed by atoms with Crippen molar-refractivity contribution in [3.8, 4) is 11.7 Å². The van der Waals surface area contributed by atoms with Crippen molar-refractivity contribution in [2.45, 2.75) is 19.0 Å². The van der Waals surface area contributed by atoms with Gasteiger partial charge in [-0.2, -0.15) is 4.98 Å². The average Bonchev–Trinajstić information content (AvgIpc) is 3.42. The molecule has 1 atom stereocenters. The third kappa shape index (κ3) is 3.55. The lowest BCUT2D eigenvalue weighted by atomic mass is 10.1. The maximum Gasteiger partial charge on any atom is 0.294 e. The summed E-state index contributed by atoms with van der Waals surface area (Å²) in [6.45, 7) is 3.06. The van der Waals surface area contributed by atoms with Crippen molar-refractivity contribution >= 4 is 24.0 Å². The Kier molecular flexibility index (Phi) is 5.40. The zero-order valence-corrected chi connectivity index (χ0v) is 16.8. The van der Waals surface area contributed by atoms with E-state index in [1.165, 1.54) is 0 Å². The van der Waals surface area contributed by atoms with Crippen LogP contribution in [0.15, 0.2) is 45.5 Å². The zero-order chi connectivity index (χ0) is 19.1. The number of carbonyl (C=O) groups excluding carboxylic acids is 1. The van der Waals surface area contributed by atoms with E-state index in [2.05, 4.69) is 27.4 Å². The number of halogens is 1. The van der Waals surface area contributed by atoms with E-state index in [4.69, 9.17) is 8.94 Å². The van der Waals surface area contributed by atoms with Gasteiger partial charge in [-0.05, 0) is 24.7 Å². The van der Waals surface area contributed by atoms with Crippen LogP contribution in [0.3, 0.4) is 0 Å². The van der Waals surface area contributed by atoms with Gasteiger partial charge in [-0.15, -0.1) is 12.4 Å². The minimum absolute atomic E-state index is 0. The summed E-state index contributed by atoms with van der Waals surface area (Å²) in [5.74, 6) is 1.57. The van der Waals surface area contributed by atoms with Gasteiger partial charge in [0.2, 0.25) is 5.91 Å². The number of nitrogens with one attached hydrogen (secondary N) is 1. The maximum absolute atomic E-state index is 12.5. The molecule has 29 heavy (non-hydrogen) atoms. The SMILES string of the molecule is CN1CCNCC1c1noc(-c2occc2CN2C(=O)Cc3ccccc32)n1.Cl. The number of rotatable bonds is 4. The number of furan rings is 1. The second kappa shape index (κ2) is 7.98. The van der Waals surface area contributed by atoms with Crippen LogP contribution in [0.2, 0.25) is 0 Å². The van der Waals surface area contributed by atoms with E-state index < -0.39 is 0 Å². The number of benzene rings is 1. The van der Waals surface area contributed by atoms with Crippen LogP contribution in [-0.2, 0) is 17.8 Å². The molecule has 5 rings (SSSR count). The molecule has 152 valence electrons. The number of anilines is 1. The van der Waals surface area contributed by atoms with Crippen molar-refractivity contribution in [3.63, 3.8) is 0 Å². The highest BCUT2D eigenvalue weighted by molar-refractivity contribution is 6.01. The summed E-state index contributed by atoms with van der Waals surface area (Å²) in [5, 5.41) is 7.51. The van der Waals surface area contributed by atoms with E-state index in [1.807, 2.05) is 30.3 Å². The normalized spacial score (nSPS) is 19.3. The van der Waals surface area contributed by atoms with Gasteiger partial charge in [0.25, 0.3) is 5.89 Å². The number of likely N-dealkylation sites (N-methyl/N-ethyl adjacent to an activating group) is 1. The van der Waals surface area contributed by atoms with Gasteiger partial charge >= 0.3 is 0 Å². The van der Waals surface area contributed by atoms with Crippen molar-refractivity contribution in [1.29, 1.82) is 0 Å². The Balaban J connectivity index is 0.00000205. The molecule has 9 heteroatoms. The van der Waals surface area contributed by atoms with Gasteiger partial charge in [0.05, 0.1) is 25.3 Å². The number of hydrogen-bond donors (Lipinski definition) is 1. The minimum Gasteiger partial charge on any atom is -0.459 e. The highest BCUT2D eigenvalue weighted by Crippen LogP contribution is 2.33. The highest BCUT2D eigenvalue weighted by atomic mass is 35.5. The van der Waals surface area contributed by atoms with Crippen LogP contribution in [0.5, 0.6) is 0 Å². The minimum atomic E-state index is 0. The molecule has 2 aliphatic heterocycles. The van der Waals surface area contributed by atoms with Crippen molar-refractivity contribution in [2.75, 3.05) is 31.6 Å². The third-order valence-electron chi connectivity index (χ3n) is 5.45. The molecular formula is C20H22ClN5O3. The Hall–Kier alpha value is -2.68. The summed E-state index contributed by atoms with van der Waals surface area (Å²) < 4.78 is 11.1. The molecule has 0 aliphatic carbocycles. The second-order valence-corrected chi connectivity index (χ2v) is 7.22. The number of para-hydroxylation sites is 1. The van der Waals surface area contributed by atoms with Crippen molar-refractivity contribution in [2.24, 2.45) is 0 Å². The molecule has 1 N–H and O–H groups in total. The molecule has 0 bridgehead atoms. The predicted octanol–water partition coefficient (Wildman–Crippen LogP) is 2.42. The van der Waals surface area contributed by atoms with Crippen LogP contribution < -0.4 is 10.2 Å². The van der Waals surface area contributed by atoms with E-state index in [0.29, 0.717) is 30.4 Å². The number of amides is 1. The van der Waals surface area contributed by atoms with Crippen molar-refractivity contribution in [1.82, 2.24) is 20.4 Å². The van der Waals surface area contributed by atoms with Crippen LogP contribution in [0.25, 0.3) is 11.7 Å². The lowest BCUT2D eigenvalue weighted by Gasteiger charge is -2.30. The fraction of sp³-hybridized carbons (Fsp3) is 0.350. The molecule has 2 aliphatic rings. The van der Waals surface area contributed by atoms with Gasteiger partial charge in [0, 0.05) is 30.9 Å². The average molecular weight is 416 g/mol. The molecule has 0 spiro atoms. The molecule has 1 aromatic carbocycles. The fourth-order valence-electron chi connectivity index (χ4n) is 3.86. The largest absolute Gasteiger partial charge is 0.459 e. The van der Waals surface area contributed by atoms with Crippen LogP contribution in [0.4, 0.5) is 5.69 Å². The van der Waals surface area contributed by atoms with E-state index >= 15 is 0 Å². The number of nitrogens with zero attached hydrogens (tertiary/aromatic N) is 4. The van der Waals surface area contributed by atoms with Gasteiger partial charge in [-0.1, -0.05) is 23.4 Å². The van der Waals surface area contributed by atoms with Gasteiger partial charge in [0.15, 0.2) is 11.6 Å². The number of fused-ring (bicyclic) bond motifs is 1. The van der Waals surface area contributed by atoms with Crippen LogP contribution in [0, 0.1) is 0 Å². The molecule has 1 saturated heterocycles. The van der Waals surface area contributed by atoms with Crippen LogP contribution in [-0.4, -0.2) is 47.6 Å². The molecule has 0 radical (unpaired) electrons. The van der Waals surface area contributed by atoms with Crippen LogP contribution >= 0.6 is 12.4 Å². The molecule has 3 aromatic rings. The standard InChI is InChI=1S/C20H21N5O3.ClH/c1-24-8-7-21-11-16(24)19-22-20(28-23-19)18-14(6-9-27-18)12-25-15-5-3-2-4-13(15)10-17(25)26;/h2-6,9,16,21H,7-8,10-12H2,1H3;1H. The summed E-state index contributed by atoms with van der Waals surface area (Å²) >= 11 is 0. The molecule has 4 heterocycles. The third-order valence-corrected chi connectivity index (χ3v) is 5.45. The zero-order valence-electron chi connectivity index (χ0n) is 16.0. The maximum atomic E-state index is 12.5. The quantitative estimate of drug-likeness (QED) is 0.700. The lowest BCUT2D eigenvalue weighted by molar-refractivity contribution is -0.117. The lowest BCUT2D eigenvalue weighted by Crippen LogP contribution is -2.44. The second-order valence-electron chi connectivity index (χ2n) is 7.22. The molecule has 2 aromatic heterocycles. The fourth-order valence-corrected chi connectivity index (χ4v) is 3.86. The Morgan fingerprint density at radius 2 is 2.14 bits per heavy atom. The summed E-state index contributed by atoms with van der Waals surface area (Å²) in [4.78, 5) is 21.0. The first kappa shape index (κ1) is 19.6. The Morgan fingerprint density at radius 3 is 3.00 bits per heavy atom. The van der Waals surface area contributed by atoms with Gasteiger partial charge < -0.3 is 19.2 Å².